The number of rotatable bonds is 6. The van der Waals surface area contributed by atoms with Crippen LogP contribution >= 0.6 is 0 Å². The Bertz CT molecular complexity index is 1310. The number of phenolic OH excluding ortho intramolecular Hbond substituents is 3. The second-order valence-electron chi connectivity index (χ2n) is 7.97. The van der Waals surface area contributed by atoms with Crippen molar-refractivity contribution >= 4 is 11.0 Å². The zero-order valence-corrected chi connectivity index (χ0v) is 19.0. The fourth-order valence-corrected chi connectivity index (χ4v) is 3.87. The van der Waals surface area contributed by atoms with Gasteiger partial charge in [-0.3, -0.25) is 4.79 Å². The molecule has 0 unspecified atom stereocenters. The lowest BCUT2D eigenvalue weighted by Crippen LogP contribution is -2.60. The highest BCUT2D eigenvalue weighted by molar-refractivity contribution is 5.88. The molecule has 1 aliphatic heterocycles. The Hall–Kier alpha value is -3.75. The zero-order valence-electron chi connectivity index (χ0n) is 19.0. The quantitative estimate of drug-likeness (QED) is 0.230. The molecule has 0 bridgehead atoms. The number of benzene rings is 2. The van der Waals surface area contributed by atoms with Crippen LogP contribution in [0.2, 0.25) is 0 Å². The second kappa shape index (κ2) is 9.72. The van der Waals surface area contributed by atoms with Crippen LogP contribution in [-0.2, 0) is 4.74 Å². The number of hydrogen-bond donors (Lipinski definition) is 7. The Kier molecular flexibility index (Phi) is 6.84. The van der Waals surface area contributed by atoms with Gasteiger partial charge in [0.25, 0.3) is 0 Å². The summed E-state index contributed by atoms with van der Waals surface area (Å²) in [6, 6.07) is 4.55. The van der Waals surface area contributed by atoms with Gasteiger partial charge >= 0.3 is 0 Å². The van der Waals surface area contributed by atoms with Crippen LogP contribution in [0.1, 0.15) is 0 Å². The van der Waals surface area contributed by atoms with Gasteiger partial charge in [-0.05, 0) is 12.1 Å². The average Bonchev–Trinajstić information content (AvgIpc) is 2.85. The molecule has 1 aliphatic rings. The van der Waals surface area contributed by atoms with Crippen LogP contribution in [0.5, 0.6) is 34.5 Å². The first-order valence-electron chi connectivity index (χ1n) is 10.6. The standard InChI is InChI=1S/C23H24O13/c1-32-12-3-8(4-13(33-2)16(12)27)21-22(18(29)15-10(26)5-9(25)6-11(15)34-21)36-23-20(31)19(30)17(28)14(7-24)35-23/h3-6,14,17,19-20,23-28,30-31H,7H2,1-2H3/t14-,17+,19-,20+,23-/m1/s1. The molecule has 13 nitrogen and oxygen atoms in total. The fraction of sp³-hybridized carbons (Fsp3) is 0.348. The molecule has 0 spiro atoms. The highest BCUT2D eigenvalue weighted by Gasteiger charge is 2.45. The van der Waals surface area contributed by atoms with Crippen molar-refractivity contribution in [3.05, 3.63) is 34.5 Å². The summed E-state index contributed by atoms with van der Waals surface area (Å²) in [5.74, 6) is -2.44. The summed E-state index contributed by atoms with van der Waals surface area (Å²) in [6.07, 6.45) is -8.42. The molecule has 13 heteroatoms. The second-order valence-corrected chi connectivity index (χ2v) is 7.97. The Morgan fingerprint density at radius 2 is 1.56 bits per heavy atom. The predicted molar refractivity (Wildman–Crippen MR) is 120 cm³/mol. The summed E-state index contributed by atoms with van der Waals surface area (Å²) < 4.78 is 27.1. The lowest BCUT2D eigenvalue weighted by molar-refractivity contribution is -0.277. The minimum atomic E-state index is -1.86. The molecule has 5 atom stereocenters. The van der Waals surface area contributed by atoms with Crippen LogP contribution in [-0.4, -0.2) is 87.3 Å². The third kappa shape index (κ3) is 4.23. The van der Waals surface area contributed by atoms with Crippen molar-refractivity contribution < 1.29 is 59.1 Å². The van der Waals surface area contributed by atoms with Crippen molar-refractivity contribution in [2.24, 2.45) is 0 Å². The van der Waals surface area contributed by atoms with Crippen LogP contribution in [0.3, 0.4) is 0 Å². The van der Waals surface area contributed by atoms with Gasteiger partial charge in [0.1, 0.15) is 46.9 Å². The lowest BCUT2D eigenvalue weighted by Gasteiger charge is -2.39. The molecule has 0 amide bonds. The van der Waals surface area contributed by atoms with Crippen LogP contribution in [0, 0.1) is 0 Å². The van der Waals surface area contributed by atoms with E-state index in [1.54, 1.807) is 0 Å². The van der Waals surface area contributed by atoms with Gasteiger partial charge in [0.2, 0.25) is 23.2 Å². The van der Waals surface area contributed by atoms with Gasteiger partial charge < -0.3 is 59.1 Å². The highest BCUT2D eigenvalue weighted by atomic mass is 16.7. The van der Waals surface area contributed by atoms with E-state index in [9.17, 15) is 40.5 Å². The number of fused-ring (bicyclic) bond motifs is 1. The van der Waals surface area contributed by atoms with Crippen LogP contribution in [0.25, 0.3) is 22.3 Å². The van der Waals surface area contributed by atoms with Gasteiger partial charge in [-0.25, -0.2) is 0 Å². The van der Waals surface area contributed by atoms with Gasteiger partial charge in [-0.2, -0.15) is 0 Å². The van der Waals surface area contributed by atoms with Crippen molar-refractivity contribution in [3.63, 3.8) is 0 Å². The molecule has 36 heavy (non-hydrogen) atoms. The maximum absolute atomic E-state index is 13.5. The maximum atomic E-state index is 13.5. The van der Waals surface area contributed by atoms with E-state index in [0.717, 1.165) is 12.1 Å². The van der Waals surface area contributed by atoms with Gasteiger partial charge in [-0.1, -0.05) is 0 Å². The van der Waals surface area contributed by atoms with Crippen molar-refractivity contribution in [1.29, 1.82) is 0 Å². The average molecular weight is 508 g/mol. The Balaban J connectivity index is 1.96. The molecule has 4 rings (SSSR count). The number of phenols is 3. The van der Waals surface area contributed by atoms with E-state index in [4.69, 9.17) is 23.4 Å². The number of ether oxygens (including phenoxy) is 4. The van der Waals surface area contributed by atoms with Crippen molar-refractivity contribution in [1.82, 2.24) is 0 Å². The number of methoxy groups -OCH3 is 2. The molecule has 0 aliphatic carbocycles. The molecule has 194 valence electrons. The van der Waals surface area contributed by atoms with E-state index in [1.807, 2.05) is 0 Å². The van der Waals surface area contributed by atoms with E-state index in [0.29, 0.717) is 0 Å². The summed E-state index contributed by atoms with van der Waals surface area (Å²) in [6.45, 7) is -0.740. The summed E-state index contributed by atoms with van der Waals surface area (Å²) in [5.41, 5.74) is -1.12. The maximum Gasteiger partial charge on any atom is 0.239 e. The molecule has 1 saturated heterocycles. The molecular formula is C23H24O13. The summed E-state index contributed by atoms with van der Waals surface area (Å²) in [5, 5.41) is 70.1. The van der Waals surface area contributed by atoms with Gasteiger partial charge in [0, 0.05) is 17.7 Å². The number of aliphatic hydroxyl groups is 4. The summed E-state index contributed by atoms with van der Waals surface area (Å²) in [4.78, 5) is 13.5. The topological polar surface area (TPSA) is 209 Å². The minimum Gasteiger partial charge on any atom is -0.508 e. The first kappa shape index (κ1) is 25.3. The molecule has 3 aromatic rings. The Morgan fingerprint density at radius 1 is 0.917 bits per heavy atom. The molecule has 1 aromatic heterocycles. The minimum absolute atomic E-state index is 0.0651. The first-order valence-corrected chi connectivity index (χ1v) is 10.6. The van der Waals surface area contributed by atoms with E-state index < -0.39 is 60.0 Å². The molecule has 1 fully saturated rings. The monoisotopic (exact) mass is 508 g/mol. The largest absolute Gasteiger partial charge is 0.508 e. The zero-order chi connectivity index (χ0) is 26.3. The number of aliphatic hydroxyl groups excluding tert-OH is 4. The predicted octanol–water partition coefficient (Wildman–Crippen LogP) is -0.227. The van der Waals surface area contributed by atoms with Crippen LogP contribution in [0.4, 0.5) is 0 Å². The van der Waals surface area contributed by atoms with Crippen LogP contribution < -0.4 is 19.6 Å². The normalized spacial score (nSPS) is 24.0. The van der Waals surface area contributed by atoms with E-state index in [2.05, 4.69) is 0 Å². The van der Waals surface area contributed by atoms with E-state index in [1.165, 1.54) is 26.4 Å². The van der Waals surface area contributed by atoms with Gasteiger partial charge in [-0.15, -0.1) is 0 Å². The SMILES string of the molecule is COc1cc(-c2oc3cc(O)cc(O)c3c(=O)c2O[C@H]2O[C@H](CO)[C@H](O)[C@@H](O)[C@@H]2O)cc(OC)c1O. The third-order valence-electron chi connectivity index (χ3n) is 5.74. The summed E-state index contributed by atoms with van der Waals surface area (Å²) >= 11 is 0. The molecule has 0 saturated carbocycles. The molecule has 2 aromatic carbocycles. The molecule has 0 radical (unpaired) electrons. The third-order valence-corrected chi connectivity index (χ3v) is 5.74. The van der Waals surface area contributed by atoms with E-state index >= 15 is 0 Å². The number of aromatic hydroxyl groups is 3. The first-order chi connectivity index (χ1) is 17.1. The van der Waals surface area contributed by atoms with Crippen LogP contribution in [0.15, 0.2) is 33.5 Å². The van der Waals surface area contributed by atoms with Crippen molar-refractivity contribution in [3.8, 4) is 45.8 Å². The fourth-order valence-electron chi connectivity index (χ4n) is 3.87. The Labute approximate surface area is 202 Å². The van der Waals surface area contributed by atoms with Crippen molar-refractivity contribution in [2.45, 2.75) is 30.7 Å². The van der Waals surface area contributed by atoms with Gasteiger partial charge in [0.05, 0.1) is 20.8 Å². The molecule has 2 heterocycles. The lowest BCUT2D eigenvalue weighted by atomic mass is 9.99. The smallest absolute Gasteiger partial charge is 0.239 e. The Morgan fingerprint density at radius 3 is 2.14 bits per heavy atom. The molecular weight excluding hydrogens is 484 g/mol. The molecule has 7 N–H and O–H groups in total. The highest BCUT2D eigenvalue weighted by Crippen LogP contribution is 2.43. The number of hydrogen-bond acceptors (Lipinski definition) is 13. The summed E-state index contributed by atoms with van der Waals surface area (Å²) in [7, 11) is 2.55. The van der Waals surface area contributed by atoms with Gasteiger partial charge in [0.15, 0.2) is 17.3 Å². The van der Waals surface area contributed by atoms with E-state index in [-0.39, 0.29) is 39.5 Å². The van der Waals surface area contributed by atoms with Crippen molar-refractivity contribution in [2.75, 3.05) is 20.8 Å².